The summed E-state index contributed by atoms with van der Waals surface area (Å²) in [5.41, 5.74) is 2.93. The normalized spacial score (nSPS) is 24.8. The average Bonchev–Trinajstić information content (AvgIpc) is 2.83. The molecule has 3 aliphatic rings. The van der Waals surface area contributed by atoms with Crippen LogP contribution in [0.2, 0.25) is 0 Å². The van der Waals surface area contributed by atoms with Crippen molar-refractivity contribution < 1.29 is 28.6 Å². The van der Waals surface area contributed by atoms with Gasteiger partial charge in [-0.25, -0.2) is 4.79 Å². The molecule has 0 bridgehead atoms. The Balaban J connectivity index is 1.83. The van der Waals surface area contributed by atoms with Crippen molar-refractivity contribution in [3.8, 4) is 5.75 Å². The summed E-state index contributed by atoms with van der Waals surface area (Å²) in [5, 5.41) is 3.33. The van der Waals surface area contributed by atoms with Crippen LogP contribution in [0.1, 0.15) is 77.7 Å². The third-order valence-electron chi connectivity index (χ3n) is 7.38. The molecular formula is C29H37NO6. The second-order valence-corrected chi connectivity index (χ2v) is 10.4. The van der Waals surface area contributed by atoms with Gasteiger partial charge in [0.05, 0.1) is 24.7 Å². The highest BCUT2D eigenvalue weighted by Crippen LogP contribution is 2.48. The highest BCUT2D eigenvalue weighted by atomic mass is 16.5. The number of rotatable bonds is 6. The van der Waals surface area contributed by atoms with Gasteiger partial charge in [-0.15, -0.1) is 0 Å². The third kappa shape index (κ3) is 5.06. The van der Waals surface area contributed by atoms with Gasteiger partial charge in [0.15, 0.2) is 5.78 Å². The molecule has 3 atom stereocenters. The van der Waals surface area contributed by atoms with Gasteiger partial charge in [0.1, 0.15) is 17.8 Å². The summed E-state index contributed by atoms with van der Waals surface area (Å²) < 4.78 is 17.1. The van der Waals surface area contributed by atoms with Gasteiger partial charge in [-0.2, -0.15) is 0 Å². The van der Waals surface area contributed by atoms with Crippen LogP contribution in [0.15, 0.2) is 46.8 Å². The molecule has 7 heteroatoms. The van der Waals surface area contributed by atoms with E-state index in [4.69, 9.17) is 14.2 Å². The van der Waals surface area contributed by atoms with Gasteiger partial charge in [-0.1, -0.05) is 31.5 Å². The van der Waals surface area contributed by atoms with Gasteiger partial charge in [0.2, 0.25) is 0 Å². The van der Waals surface area contributed by atoms with E-state index in [-0.39, 0.29) is 23.9 Å². The van der Waals surface area contributed by atoms with Crippen LogP contribution in [0.4, 0.5) is 0 Å². The number of nitrogens with one attached hydrogen (secondary N) is 1. The molecule has 0 unspecified atom stereocenters. The summed E-state index contributed by atoms with van der Waals surface area (Å²) in [6.07, 6.45) is 5.17. The van der Waals surface area contributed by atoms with Gasteiger partial charge < -0.3 is 19.5 Å². The van der Waals surface area contributed by atoms with Crippen molar-refractivity contribution in [3.63, 3.8) is 0 Å². The van der Waals surface area contributed by atoms with E-state index in [1.807, 2.05) is 52.0 Å². The summed E-state index contributed by atoms with van der Waals surface area (Å²) in [7, 11) is 1.30. The molecule has 36 heavy (non-hydrogen) atoms. The molecule has 0 saturated heterocycles. The van der Waals surface area contributed by atoms with E-state index in [0.717, 1.165) is 37.8 Å². The summed E-state index contributed by atoms with van der Waals surface area (Å²) in [6, 6.07) is 7.48. The molecule has 1 fully saturated rings. The van der Waals surface area contributed by atoms with Crippen molar-refractivity contribution in [2.24, 2.45) is 11.8 Å². The molecule has 2 aliphatic carbocycles. The molecule has 1 aliphatic heterocycles. The zero-order valence-electron chi connectivity index (χ0n) is 21.9. The van der Waals surface area contributed by atoms with Gasteiger partial charge in [-0.05, 0) is 64.9 Å². The summed E-state index contributed by atoms with van der Waals surface area (Å²) in [4.78, 5) is 40.3. The minimum absolute atomic E-state index is 0.103. The zero-order chi connectivity index (χ0) is 26.0. The monoisotopic (exact) mass is 495 g/mol. The lowest BCUT2D eigenvalue weighted by atomic mass is 9.69. The van der Waals surface area contributed by atoms with E-state index in [1.165, 1.54) is 7.11 Å². The Morgan fingerprint density at radius 3 is 2.44 bits per heavy atom. The molecule has 194 valence electrons. The van der Waals surface area contributed by atoms with E-state index in [1.54, 1.807) is 0 Å². The number of esters is 2. The van der Waals surface area contributed by atoms with Gasteiger partial charge >= 0.3 is 11.9 Å². The second kappa shape index (κ2) is 10.9. The van der Waals surface area contributed by atoms with Gasteiger partial charge in [0, 0.05) is 22.5 Å². The Morgan fingerprint density at radius 2 is 1.78 bits per heavy atom. The van der Waals surface area contributed by atoms with Crippen LogP contribution in [0.25, 0.3) is 0 Å². The predicted molar refractivity (Wildman–Crippen MR) is 135 cm³/mol. The highest BCUT2D eigenvalue weighted by Gasteiger charge is 2.48. The number of dihydropyridines is 1. The number of para-hydroxylation sites is 1. The fourth-order valence-corrected chi connectivity index (χ4v) is 5.74. The number of ketones is 1. The maximum absolute atomic E-state index is 13.9. The first-order valence-corrected chi connectivity index (χ1v) is 13.0. The van der Waals surface area contributed by atoms with E-state index < -0.39 is 23.8 Å². The van der Waals surface area contributed by atoms with Gasteiger partial charge in [-0.3, -0.25) is 9.59 Å². The summed E-state index contributed by atoms with van der Waals surface area (Å²) in [5.74, 6) is -2.57. The average molecular weight is 496 g/mol. The zero-order valence-corrected chi connectivity index (χ0v) is 21.9. The minimum Gasteiger partial charge on any atom is -0.491 e. The molecule has 0 spiro atoms. The van der Waals surface area contributed by atoms with Crippen molar-refractivity contribution in [1.82, 2.24) is 5.32 Å². The van der Waals surface area contributed by atoms with Crippen LogP contribution in [0.5, 0.6) is 5.75 Å². The number of hydrogen-bond acceptors (Lipinski definition) is 7. The van der Waals surface area contributed by atoms with E-state index in [9.17, 15) is 14.4 Å². The standard InChI is InChI=1S/C29H37NO6/c1-16(2)35-22-14-10-9-13-20(22)25-24(29(33)36-19-11-7-6-8-12-19)18(4)30-21-15-17(3)23(28(32)34-5)27(31)26(21)25/h9-10,13-14,16-17,19,23,25,30H,6-8,11-12,15H2,1-5H3/t17-,23-,25-/m0/s1. The van der Waals surface area contributed by atoms with Crippen LogP contribution in [0.3, 0.4) is 0 Å². The Morgan fingerprint density at radius 1 is 1.08 bits per heavy atom. The van der Waals surface area contributed by atoms with Crippen molar-refractivity contribution in [3.05, 3.63) is 52.4 Å². The maximum atomic E-state index is 13.9. The molecule has 4 rings (SSSR count). The van der Waals surface area contributed by atoms with Crippen LogP contribution in [-0.4, -0.2) is 37.0 Å². The lowest BCUT2D eigenvalue weighted by molar-refractivity contribution is -0.151. The lowest BCUT2D eigenvalue weighted by Crippen LogP contribution is -2.43. The van der Waals surface area contributed by atoms with Crippen LogP contribution >= 0.6 is 0 Å². The fourth-order valence-electron chi connectivity index (χ4n) is 5.74. The van der Waals surface area contributed by atoms with Crippen LogP contribution in [0, 0.1) is 11.8 Å². The van der Waals surface area contributed by atoms with E-state index >= 15 is 0 Å². The summed E-state index contributed by atoms with van der Waals surface area (Å²) in [6.45, 7) is 7.59. The van der Waals surface area contributed by atoms with Gasteiger partial charge in [0.25, 0.3) is 0 Å². The molecule has 1 aromatic rings. The molecule has 7 nitrogen and oxygen atoms in total. The SMILES string of the molecule is COC(=O)[C@@H]1C(=O)C2=C(C[C@@H]1C)NC(C)=C(C(=O)OC1CCCCC1)[C@@H]2c1ccccc1OC(C)C. The number of Topliss-reactive ketones (excluding diaryl/α,β-unsaturated/α-hetero) is 1. The number of allylic oxidation sites excluding steroid dienone is 3. The number of carbonyl (C=O) groups excluding carboxylic acids is 3. The fraction of sp³-hybridized carbons (Fsp3) is 0.552. The van der Waals surface area contributed by atoms with E-state index in [2.05, 4.69) is 5.32 Å². The van der Waals surface area contributed by atoms with Crippen molar-refractivity contribution >= 4 is 17.7 Å². The smallest absolute Gasteiger partial charge is 0.337 e. The quantitative estimate of drug-likeness (QED) is 0.440. The van der Waals surface area contributed by atoms with Crippen LogP contribution < -0.4 is 10.1 Å². The molecule has 1 aromatic carbocycles. The number of ether oxygens (including phenoxy) is 3. The van der Waals surface area contributed by atoms with E-state index in [0.29, 0.717) is 34.6 Å². The second-order valence-electron chi connectivity index (χ2n) is 10.4. The third-order valence-corrected chi connectivity index (χ3v) is 7.38. The van der Waals surface area contributed by atoms with Crippen molar-refractivity contribution in [2.75, 3.05) is 7.11 Å². The predicted octanol–water partition coefficient (Wildman–Crippen LogP) is 4.96. The Kier molecular flexibility index (Phi) is 7.86. The first-order valence-electron chi connectivity index (χ1n) is 13.0. The first kappa shape index (κ1) is 26.0. The highest BCUT2D eigenvalue weighted by molar-refractivity contribution is 6.12. The number of benzene rings is 1. The number of hydrogen-bond donors (Lipinski definition) is 1. The molecule has 0 aromatic heterocycles. The first-order chi connectivity index (χ1) is 17.2. The molecule has 0 radical (unpaired) electrons. The topological polar surface area (TPSA) is 90.9 Å². The van der Waals surface area contributed by atoms with Crippen molar-refractivity contribution in [2.45, 2.75) is 84.3 Å². The molecular weight excluding hydrogens is 458 g/mol. The van der Waals surface area contributed by atoms with Crippen molar-refractivity contribution in [1.29, 1.82) is 0 Å². The molecule has 1 N–H and O–H groups in total. The number of methoxy groups -OCH3 is 1. The largest absolute Gasteiger partial charge is 0.491 e. The Hall–Kier alpha value is -3.09. The maximum Gasteiger partial charge on any atom is 0.337 e. The minimum atomic E-state index is -0.926. The molecule has 1 heterocycles. The lowest BCUT2D eigenvalue weighted by Gasteiger charge is -2.39. The van der Waals surface area contributed by atoms with Crippen LogP contribution in [-0.2, 0) is 23.9 Å². The number of carbonyl (C=O) groups is 3. The Bertz CT molecular complexity index is 1090. The molecule has 1 saturated carbocycles. The Labute approximate surface area is 213 Å². The molecule has 0 amide bonds. The summed E-state index contributed by atoms with van der Waals surface area (Å²) >= 11 is 0.